The molecule has 134 valence electrons. The highest BCUT2D eigenvalue weighted by Crippen LogP contribution is 2.33. The third-order valence-corrected chi connectivity index (χ3v) is 4.23. The molecule has 0 atom stereocenters. The maximum Gasteiger partial charge on any atom is 0.135 e. The number of fused-ring (bicyclic) bond motifs is 1. The highest BCUT2D eigenvalue weighted by Gasteiger charge is 2.09. The summed E-state index contributed by atoms with van der Waals surface area (Å²) < 4.78 is 0. The van der Waals surface area contributed by atoms with Crippen LogP contribution in [0.2, 0.25) is 10.0 Å². The summed E-state index contributed by atoms with van der Waals surface area (Å²) in [6, 6.07) is 11.3. The van der Waals surface area contributed by atoms with Crippen LogP contribution in [0.25, 0.3) is 22.0 Å². The van der Waals surface area contributed by atoms with E-state index in [1.165, 1.54) is 18.6 Å². The van der Waals surface area contributed by atoms with Gasteiger partial charge in [0.2, 0.25) is 0 Å². The van der Waals surface area contributed by atoms with Gasteiger partial charge >= 0.3 is 0 Å². The topological polar surface area (TPSA) is 116 Å². The fraction of sp³-hybridized carbons (Fsp3) is 0. The Kier molecular flexibility index (Phi) is 6.80. The second kappa shape index (κ2) is 9.05. The van der Waals surface area contributed by atoms with Gasteiger partial charge in [0.05, 0.1) is 26.6 Å². The van der Waals surface area contributed by atoms with Gasteiger partial charge in [0.25, 0.3) is 0 Å². The summed E-state index contributed by atoms with van der Waals surface area (Å²) in [6.45, 7) is 3.41. The van der Waals surface area contributed by atoms with Crippen LogP contribution >= 0.6 is 23.2 Å². The summed E-state index contributed by atoms with van der Waals surface area (Å²) in [5.74, 6) is 5.37. The third kappa shape index (κ3) is 4.43. The Hall–Kier alpha value is -2.80. The first-order valence-corrected chi connectivity index (χ1v) is 8.23. The number of nitrogens with two attached hydrogens (primary N) is 3. The van der Waals surface area contributed by atoms with E-state index in [1.807, 2.05) is 30.3 Å². The fourth-order valence-electron chi connectivity index (χ4n) is 2.21. The van der Waals surface area contributed by atoms with Crippen molar-refractivity contribution in [2.75, 3.05) is 5.73 Å². The van der Waals surface area contributed by atoms with E-state index in [1.54, 1.807) is 6.07 Å². The minimum Gasteiger partial charge on any atom is -0.403 e. The average molecular weight is 389 g/mol. The van der Waals surface area contributed by atoms with Gasteiger partial charge in [-0.2, -0.15) is 0 Å². The number of nitrogen functional groups attached to an aromatic ring is 1. The molecule has 3 aromatic rings. The summed E-state index contributed by atoms with van der Waals surface area (Å²) >= 11 is 12.0. The van der Waals surface area contributed by atoms with Crippen LogP contribution in [0.15, 0.2) is 67.3 Å². The van der Waals surface area contributed by atoms with E-state index in [0.717, 1.165) is 22.0 Å². The number of benzene rings is 2. The number of hydrogen-bond acceptors (Lipinski definition) is 6. The monoisotopic (exact) mass is 388 g/mol. The molecule has 0 unspecified atom stereocenters. The van der Waals surface area contributed by atoms with Crippen LogP contribution in [0.4, 0.5) is 5.82 Å². The molecule has 3 rings (SSSR count). The lowest BCUT2D eigenvalue weighted by Gasteiger charge is -2.08. The molecule has 0 saturated carbocycles. The van der Waals surface area contributed by atoms with Gasteiger partial charge in [-0.05, 0) is 35.4 Å². The van der Waals surface area contributed by atoms with Gasteiger partial charge in [0.1, 0.15) is 12.1 Å². The number of allylic oxidation sites excluding steroid dienone is 1. The molecule has 0 fully saturated rings. The number of nitrogens with zero attached hydrogens (tertiary/aromatic N) is 2. The summed E-state index contributed by atoms with van der Waals surface area (Å²) in [4.78, 5) is 8.26. The zero-order valence-electron chi connectivity index (χ0n) is 13.8. The fourth-order valence-corrected chi connectivity index (χ4v) is 2.51. The Morgan fingerprint density at radius 3 is 2.46 bits per heavy atom. The number of anilines is 1. The normalized spacial score (nSPS) is 10.8. The molecule has 0 radical (unpaired) electrons. The average Bonchev–Trinajstić information content (AvgIpc) is 2.66. The van der Waals surface area contributed by atoms with Crippen molar-refractivity contribution in [3.05, 3.63) is 77.3 Å². The van der Waals surface area contributed by atoms with Gasteiger partial charge < -0.3 is 16.9 Å². The van der Waals surface area contributed by atoms with E-state index < -0.39 is 0 Å². The van der Waals surface area contributed by atoms with Gasteiger partial charge in [-0.3, -0.25) is 5.84 Å². The highest BCUT2D eigenvalue weighted by atomic mass is 35.5. The second-order valence-corrected chi connectivity index (χ2v) is 5.87. The molecule has 6 nitrogen and oxygen atoms in total. The van der Waals surface area contributed by atoms with Crippen molar-refractivity contribution in [1.29, 1.82) is 0 Å². The van der Waals surface area contributed by atoms with Crippen LogP contribution in [-0.4, -0.2) is 9.97 Å². The van der Waals surface area contributed by atoms with E-state index >= 15 is 0 Å². The summed E-state index contributed by atoms with van der Waals surface area (Å²) in [6.07, 6.45) is 4.32. The van der Waals surface area contributed by atoms with Crippen LogP contribution in [0.3, 0.4) is 0 Å². The van der Waals surface area contributed by atoms with E-state index in [2.05, 4.69) is 22.0 Å². The van der Waals surface area contributed by atoms with Crippen LogP contribution in [0, 0.1) is 0 Å². The van der Waals surface area contributed by atoms with E-state index in [9.17, 15) is 0 Å². The molecule has 7 N–H and O–H groups in total. The molecule has 2 aromatic carbocycles. The number of hydrogen-bond donors (Lipinski definition) is 4. The molecule has 0 aliphatic carbocycles. The van der Waals surface area contributed by atoms with Crippen molar-refractivity contribution in [3.63, 3.8) is 0 Å². The van der Waals surface area contributed by atoms with Crippen molar-refractivity contribution >= 4 is 39.9 Å². The number of nitrogens with one attached hydrogen (secondary N) is 1. The Balaban J connectivity index is 0.000000298. The Labute approximate surface area is 161 Å². The summed E-state index contributed by atoms with van der Waals surface area (Å²) in [5.41, 5.74) is 16.6. The minimum absolute atomic E-state index is 0.451. The first kappa shape index (κ1) is 19.5. The maximum atomic E-state index is 6.06. The molecular formula is C18H18Cl2N6. The lowest BCUT2D eigenvalue weighted by Crippen LogP contribution is -2.20. The standard InChI is InChI=1S/C14H9Cl2N3.C4H9N3/c15-10-5-4-8(6-11(10)16)9-2-1-3-12-13(9)14(17)19-7-18-12;1-2-4(3-5)7-6/h1-7H,(H2,17,18,19);2-3,7H,1,5-6H2/b;4-3-. The molecule has 8 heteroatoms. The molecule has 0 bridgehead atoms. The van der Waals surface area contributed by atoms with Crippen LogP contribution < -0.4 is 22.7 Å². The quantitative estimate of drug-likeness (QED) is 0.309. The molecule has 0 saturated heterocycles. The largest absolute Gasteiger partial charge is 0.403 e. The number of rotatable bonds is 3. The first-order valence-electron chi connectivity index (χ1n) is 7.47. The lowest BCUT2D eigenvalue weighted by atomic mass is 10.0. The van der Waals surface area contributed by atoms with Gasteiger partial charge in [-0.15, -0.1) is 0 Å². The molecule has 0 spiro atoms. The van der Waals surface area contributed by atoms with Crippen molar-refractivity contribution in [3.8, 4) is 11.1 Å². The smallest absolute Gasteiger partial charge is 0.135 e. The SMILES string of the molecule is C=C/C(=C/N)NN.Nc1ncnc2cccc(-c3ccc(Cl)c(Cl)c3)c12. The Morgan fingerprint density at radius 1 is 1.12 bits per heavy atom. The van der Waals surface area contributed by atoms with Crippen molar-refractivity contribution in [2.24, 2.45) is 11.6 Å². The first-order chi connectivity index (χ1) is 12.5. The zero-order chi connectivity index (χ0) is 19.1. The summed E-state index contributed by atoms with van der Waals surface area (Å²) in [7, 11) is 0. The van der Waals surface area contributed by atoms with Gasteiger partial charge in [0, 0.05) is 6.20 Å². The van der Waals surface area contributed by atoms with Crippen LogP contribution in [0.1, 0.15) is 0 Å². The molecule has 0 aliphatic rings. The maximum absolute atomic E-state index is 6.06. The molecule has 0 aliphatic heterocycles. The number of halogens is 2. The van der Waals surface area contributed by atoms with Crippen molar-refractivity contribution < 1.29 is 0 Å². The zero-order valence-corrected chi connectivity index (χ0v) is 15.3. The van der Waals surface area contributed by atoms with Crippen LogP contribution in [-0.2, 0) is 0 Å². The predicted octanol–water partition coefficient (Wildman–Crippen LogP) is 3.62. The van der Waals surface area contributed by atoms with Crippen molar-refractivity contribution in [1.82, 2.24) is 15.4 Å². The Morgan fingerprint density at radius 2 is 1.88 bits per heavy atom. The lowest BCUT2D eigenvalue weighted by molar-refractivity contribution is 0.912. The van der Waals surface area contributed by atoms with Gasteiger partial charge in [0.15, 0.2) is 0 Å². The van der Waals surface area contributed by atoms with Gasteiger partial charge in [-0.1, -0.05) is 48.0 Å². The molecular weight excluding hydrogens is 371 g/mol. The van der Waals surface area contributed by atoms with E-state index in [-0.39, 0.29) is 0 Å². The molecule has 26 heavy (non-hydrogen) atoms. The van der Waals surface area contributed by atoms with Gasteiger partial charge in [-0.25, -0.2) is 9.97 Å². The predicted molar refractivity (Wildman–Crippen MR) is 109 cm³/mol. The molecule has 0 amide bonds. The minimum atomic E-state index is 0.451. The highest BCUT2D eigenvalue weighted by molar-refractivity contribution is 6.42. The third-order valence-electron chi connectivity index (χ3n) is 3.49. The van der Waals surface area contributed by atoms with E-state index in [0.29, 0.717) is 21.6 Å². The van der Waals surface area contributed by atoms with Crippen LogP contribution in [0.5, 0.6) is 0 Å². The summed E-state index contributed by atoms with van der Waals surface area (Å²) in [5, 5.41) is 1.85. The molecule has 1 heterocycles. The van der Waals surface area contributed by atoms with E-state index in [4.69, 9.17) is 40.5 Å². The number of aromatic nitrogens is 2. The number of hydrazine groups is 1. The Bertz CT molecular complexity index is 950. The second-order valence-electron chi connectivity index (χ2n) is 5.06. The molecule has 1 aromatic heterocycles. The van der Waals surface area contributed by atoms with Crippen molar-refractivity contribution in [2.45, 2.75) is 0 Å².